The van der Waals surface area contributed by atoms with Crippen LogP contribution in [0.25, 0.3) is 0 Å². The highest BCUT2D eigenvalue weighted by Gasteiger charge is 2.15. The molecule has 0 heterocycles. The zero-order chi connectivity index (χ0) is 22.5. The second kappa shape index (κ2) is 10.5. The van der Waals surface area contributed by atoms with Crippen molar-refractivity contribution in [2.24, 2.45) is 0 Å². The lowest BCUT2D eigenvalue weighted by Crippen LogP contribution is -1.98. The van der Waals surface area contributed by atoms with Gasteiger partial charge in [-0.3, -0.25) is 4.79 Å². The lowest BCUT2D eigenvalue weighted by molar-refractivity contribution is 0.112. The number of hydrogen-bond acceptors (Lipinski definition) is 3. The van der Waals surface area contributed by atoms with Gasteiger partial charge in [0.05, 0.1) is 0 Å². The molecule has 0 aliphatic heterocycles. The van der Waals surface area contributed by atoms with Gasteiger partial charge in [0, 0.05) is 5.56 Å². The molecule has 0 spiro atoms. The van der Waals surface area contributed by atoms with E-state index < -0.39 is 0 Å². The number of rotatable bonds is 5. The molecular formula is C26H38O3. The molecule has 0 unspecified atom stereocenters. The highest BCUT2D eigenvalue weighted by Crippen LogP contribution is 2.35. The predicted molar refractivity (Wildman–Crippen MR) is 123 cm³/mol. The summed E-state index contributed by atoms with van der Waals surface area (Å²) in [5.41, 5.74) is 5.70. The highest BCUT2D eigenvalue weighted by molar-refractivity contribution is 5.76. The number of carbonyl (C=O) groups excluding carboxylic acids is 1. The van der Waals surface area contributed by atoms with Crippen molar-refractivity contribution in [2.75, 3.05) is 0 Å². The predicted octanol–water partition coefficient (Wildman–Crippen LogP) is 7.40. The topological polar surface area (TPSA) is 57.5 Å². The van der Waals surface area contributed by atoms with E-state index >= 15 is 0 Å². The number of aromatic hydroxyl groups is 2. The van der Waals surface area contributed by atoms with Gasteiger partial charge in [-0.2, -0.15) is 0 Å². The first-order valence-corrected chi connectivity index (χ1v) is 10.6. The Hall–Kier alpha value is -2.29. The first kappa shape index (κ1) is 24.7. The van der Waals surface area contributed by atoms with Crippen LogP contribution in [-0.2, 0) is 0 Å². The van der Waals surface area contributed by atoms with Gasteiger partial charge < -0.3 is 10.2 Å². The minimum absolute atomic E-state index is 0.224. The number of phenolic OH excluding ortho intramolecular Hbond substituents is 2. The number of benzene rings is 2. The molecule has 0 bridgehead atoms. The molecule has 2 N–H and O–H groups in total. The molecule has 2 rings (SSSR count). The van der Waals surface area contributed by atoms with E-state index in [9.17, 15) is 15.0 Å². The zero-order valence-electron chi connectivity index (χ0n) is 19.5. The second-order valence-electron chi connectivity index (χ2n) is 9.08. The van der Waals surface area contributed by atoms with Crippen molar-refractivity contribution in [1.82, 2.24) is 0 Å². The van der Waals surface area contributed by atoms with Crippen LogP contribution < -0.4 is 0 Å². The van der Waals surface area contributed by atoms with Crippen LogP contribution in [0.15, 0.2) is 24.3 Å². The summed E-state index contributed by atoms with van der Waals surface area (Å²) >= 11 is 0. The SMILES string of the molecule is CC(C)c1cc(C=O)cc(C(C)C)c1O.Cc1cc(C(C)C)c(O)c(C(C)C)c1. The molecule has 0 saturated heterocycles. The Labute approximate surface area is 176 Å². The van der Waals surface area contributed by atoms with Crippen molar-refractivity contribution in [3.05, 3.63) is 57.6 Å². The van der Waals surface area contributed by atoms with Gasteiger partial charge in [-0.1, -0.05) is 73.1 Å². The molecule has 3 nitrogen and oxygen atoms in total. The Morgan fingerprint density at radius 2 is 0.897 bits per heavy atom. The van der Waals surface area contributed by atoms with Crippen molar-refractivity contribution in [3.63, 3.8) is 0 Å². The van der Waals surface area contributed by atoms with Crippen molar-refractivity contribution in [1.29, 1.82) is 0 Å². The molecule has 3 heteroatoms. The van der Waals surface area contributed by atoms with Gasteiger partial charge in [-0.05, 0) is 65.0 Å². The normalized spacial score (nSPS) is 11.2. The highest BCUT2D eigenvalue weighted by atomic mass is 16.3. The van der Waals surface area contributed by atoms with Crippen LogP contribution in [0.3, 0.4) is 0 Å². The fraction of sp³-hybridized carbons (Fsp3) is 0.500. The summed E-state index contributed by atoms with van der Waals surface area (Å²) in [6.07, 6.45) is 0.831. The van der Waals surface area contributed by atoms with Crippen LogP contribution in [0.1, 0.15) is 117 Å². The van der Waals surface area contributed by atoms with E-state index in [-0.39, 0.29) is 11.8 Å². The Morgan fingerprint density at radius 3 is 1.14 bits per heavy atom. The Bertz CT molecular complexity index is 772. The summed E-state index contributed by atoms with van der Waals surface area (Å²) in [5.74, 6) is 2.04. The smallest absolute Gasteiger partial charge is 0.150 e. The number of hydrogen-bond donors (Lipinski definition) is 2. The van der Waals surface area contributed by atoms with Crippen LogP contribution in [0.4, 0.5) is 0 Å². The van der Waals surface area contributed by atoms with E-state index in [2.05, 4.69) is 46.8 Å². The van der Waals surface area contributed by atoms with E-state index in [1.807, 2.05) is 27.7 Å². The van der Waals surface area contributed by atoms with Gasteiger partial charge in [0.15, 0.2) is 0 Å². The van der Waals surface area contributed by atoms with Crippen LogP contribution in [-0.4, -0.2) is 16.5 Å². The third-order valence-corrected chi connectivity index (χ3v) is 5.13. The summed E-state index contributed by atoms with van der Waals surface area (Å²) in [6.45, 7) is 18.6. The third kappa shape index (κ3) is 6.35. The maximum atomic E-state index is 10.8. The molecule has 2 aromatic carbocycles. The fourth-order valence-electron chi connectivity index (χ4n) is 3.37. The summed E-state index contributed by atoms with van der Waals surface area (Å²) in [4.78, 5) is 10.8. The van der Waals surface area contributed by atoms with Crippen LogP contribution in [0.5, 0.6) is 11.5 Å². The van der Waals surface area contributed by atoms with E-state index in [1.54, 1.807) is 12.1 Å². The molecule has 160 valence electrons. The Morgan fingerprint density at radius 1 is 0.621 bits per heavy atom. The molecule has 0 radical (unpaired) electrons. The minimum atomic E-state index is 0.224. The van der Waals surface area contributed by atoms with Crippen LogP contribution in [0.2, 0.25) is 0 Å². The van der Waals surface area contributed by atoms with Crippen molar-refractivity contribution in [3.8, 4) is 11.5 Å². The average Bonchev–Trinajstić information content (AvgIpc) is 2.63. The van der Waals surface area contributed by atoms with Crippen molar-refractivity contribution >= 4 is 6.29 Å². The molecular weight excluding hydrogens is 360 g/mol. The molecule has 0 aliphatic rings. The first-order chi connectivity index (χ1) is 13.4. The largest absolute Gasteiger partial charge is 0.507 e. The van der Waals surface area contributed by atoms with Gasteiger partial charge >= 0.3 is 0 Å². The molecule has 0 saturated carbocycles. The van der Waals surface area contributed by atoms with E-state index in [4.69, 9.17) is 0 Å². The summed E-state index contributed by atoms with van der Waals surface area (Å²) in [6, 6.07) is 7.68. The quantitative estimate of drug-likeness (QED) is 0.516. The van der Waals surface area contributed by atoms with Crippen LogP contribution in [0, 0.1) is 6.92 Å². The van der Waals surface area contributed by atoms with Gasteiger partial charge in [-0.25, -0.2) is 0 Å². The summed E-state index contributed by atoms with van der Waals surface area (Å²) in [5, 5.41) is 20.1. The maximum absolute atomic E-state index is 10.8. The molecule has 0 aliphatic carbocycles. The molecule has 0 atom stereocenters. The number of aldehydes is 1. The Balaban J connectivity index is 0.000000291. The average molecular weight is 399 g/mol. The summed E-state index contributed by atoms with van der Waals surface area (Å²) in [7, 11) is 0. The van der Waals surface area contributed by atoms with E-state index in [1.165, 1.54) is 5.56 Å². The van der Waals surface area contributed by atoms with Gasteiger partial charge in [0.25, 0.3) is 0 Å². The molecule has 0 aromatic heterocycles. The summed E-state index contributed by atoms with van der Waals surface area (Å²) < 4.78 is 0. The molecule has 2 aromatic rings. The Kier molecular flexibility index (Phi) is 8.94. The standard InChI is InChI=1S/C13H18O2.C13H20O/c1-8(2)11-5-10(7-14)6-12(9(3)4)13(11)15;1-8(2)11-6-10(5)7-12(9(3)4)13(11)14/h5-9,15H,1-4H3;6-9,14H,1-5H3. The van der Waals surface area contributed by atoms with Crippen molar-refractivity contribution < 1.29 is 15.0 Å². The lowest BCUT2D eigenvalue weighted by Gasteiger charge is -2.16. The van der Waals surface area contributed by atoms with Gasteiger partial charge in [0.1, 0.15) is 17.8 Å². The third-order valence-electron chi connectivity index (χ3n) is 5.13. The molecule has 29 heavy (non-hydrogen) atoms. The van der Waals surface area contributed by atoms with E-state index in [0.717, 1.165) is 28.5 Å². The second-order valence-corrected chi connectivity index (χ2v) is 9.08. The first-order valence-electron chi connectivity index (χ1n) is 10.6. The number of phenols is 2. The maximum Gasteiger partial charge on any atom is 0.150 e. The lowest BCUT2D eigenvalue weighted by atomic mass is 9.92. The van der Waals surface area contributed by atoms with E-state index in [0.29, 0.717) is 28.9 Å². The van der Waals surface area contributed by atoms with Gasteiger partial charge in [-0.15, -0.1) is 0 Å². The monoisotopic (exact) mass is 398 g/mol. The van der Waals surface area contributed by atoms with Gasteiger partial charge in [0.2, 0.25) is 0 Å². The van der Waals surface area contributed by atoms with Crippen LogP contribution >= 0.6 is 0 Å². The fourth-order valence-corrected chi connectivity index (χ4v) is 3.37. The number of carbonyl (C=O) groups is 1. The minimum Gasteiger partial charge on any atom is -0.507 e. The molecule has 0 amide bonds. The number of aryl methyl sites for hydroxylation is 1. The van der Waals surface area contributed by atoms with Crippen molar-refractivity contribution in [2.45, 2.75) is 86.0 Å². The zero-order valence-corrected chi connectivity index (χ0v) is 19.5. The molecule has 0 fully saturated rings.